The van der Waals surface area contributed by atoms with Crippen molar-refractivity contribution in [2.24, 2.45) is 0 Å². The van der Waals surface area contributed by atoms with Gasteiger partial charge in [-0.1, -0.05) is 67.2 Å². The number of ketones is 2. The minimum atomic E-state index is -0.927. The van der Waals surface area contributed by atoms with E-state index in [0.717, 1.165) is 11.8 Å². The normalized spacial score (nSPS) is 12.2. The van der Waals surface area contributed by atoms with Crippen LogP contribution in [0.3, 0.4) is 0 Å². The van der Waals surface area contributed by atoms with Crippen LogP contribution in [0.4, 0.5) is 0 Å². The van der Waals surface area contributed by atoms with Crippen LogP contribution in [0.1, 0.15) is 54.1 Å². The summed E-state index contributed by atoms with van der Waals surface area (Å²) in [5, 5.41) is 18.2. The maximum absolute atomic E-state index is 12.9. The Kier molecular flexibility index (Phi) is 10.7. The zero-order chi connectivity index (χ0) is 26.8. The topological polar surface area (TPSA) is 131 Å². The van der Waals surface area contributed by atoms with Crippen molar-refractivity contribution >= 4 is 45.9 Å². The van der Waals surface area contributed by atoms with Gasteiger partial charge in [-0.15, -0.1) is 0 Å². The van der Waals surface area contributed by atoms with Crippen LogP contribution >= 0.6 is 11.8 Å². The number of rotatable bonds is 12. The minimum absolute atomic E-state index is 0.0304. The Morgan fingerprint density at radius 1 is 0.944 bits per heavy atom. The highest BCUT2D eigenvalue weighted by molar-refractivity contribution is 8.13. The highest BCUT2D eigenvalue weighted by Gasteiger charge is 2.25. The summed E-state index contributed by atoms with van der Waals surface area (Å²) in [5.74, 6) is -1.23. The van der Waals surface area contributed by atoms with E-state index in [1.807, 2.05) is 6.07 Å². The van der Waals surface area contributed by atoms with Crippen molar-refractivity contribution in [3.63, 3.8) is 0 Å². The summed E-state index contributed by atoms with van der Waals surface area (Å²) in [5.41, 5.74) is 1.79. The Morgan fingerprint density at radius 3 is 2.19 bits per heavy atom. The van der Waals surface area contributed by atoms with E-state index in [1.165, 1.54) is 6.92 Å². The average Bonchev–Trinajstić information content (AvgIpc) is 2.85. The quantitative estimate of drug-likeness (QED) is 0.228. The molecular weight excluding hydrogens is 476 g/mol. The standard InChI is InChI=1S/C27H32N4O4S/c1-17(20-11-8-12-21(13-20)26(34)19-9-6-5-7-10-19)27(35)36-16-23(30-18(2)32)24(33)14-22(28)15-25(29)31(3)4/h5-13,17,23,28-29H,14-16H2,1-4H3,(H,30,32)/t17?,23-/m1/s1. The molecule has 2 aromatic rings. The fourth-order valence-electron chi connectivity index (χ4n) is 3.35. The molecular formula is C27H32N4O4S. The Labute approximate surface area is 215 Å². The maximum atomic E-state index is 12.9. The molecule has 0 aliphatic carbocycles. The molecule has 36 heavy (non-hydrogen) atoms. The smallest absolute Gasteiger partial charge is 0.217 e. The summed E-state index contributed by atoms with van der Waals surface area (Å²) in [6.07, 6.45) is -0.179. The summed E-state index contributed by atoms with van der Waals surface area (Å²) in [4.78, 5) is 51.7. The number of hydrogen-bond acceptors (Lipinski definition) is 7. The first-order valence-electron chi connectivity index (χ1n) is 11.5. The lowest BCUT2D eigenvalue weighted by Gasteiger charge is -2.19. The van der Waals surface area contributed by atoms with Gasteiger partial charge >= 0.3 is 0 Å². The van der Waals surface area contributed by atoms with Crippen LogP contribution in [-0.4, -0.2) is 64.9 Å². The van der Waals surface area contributed by atoms with Crippen LogP contribution in [0.5, 0.6) is 0 Å². The van der Waals surface area contributed by atoms with Gasteiger partial charge in [0.05, 0.1) is 12.0 Å². The molecule has 0 aromatic heterocycles. The van der Waals surface area contributed by atoms with Gasteiger partial charge in [0.25, 0.3) is 0 Å². The molecule has 2 aromatic carbocycles. The van der Waals surface area contributed by atoms with Gasteiger partial charge in [0.1, 0.15) is 5.84 Å². The molecule has 0 bridgehead atoms. The number of hydrogen-bond donors (Lipinski definition) is 3. The lowest BCUT2D eigenvalue weighted by atomic mass is 9.96. The third kappa shape index (κ3) is 8.57. The number of amidine groups is 1. The third-order valence-electron chi connectivity index (χ3n) is 5.51. The van der Waals surface area contributed by atoms with Gasteiger partial charge < -0.3 is 15.6 Å². The van der Waals surface area contributed by atoms with Gasteiger partial charge in [-0.25, -0.2) is 0 Å². The Balaban J connectivity index is 2.04. The molecule has 8 nitrogen and oxygen atoms in total. The predicted molar refractivity (Wildman–Crippen MR) is 143 cm³/mol. The number of benzene rings is 2. The number of Topliss-reactive ketones (excluding diaryl/α,β-unsaturated/α-hetero) is 1. The second kappa shape index (κ2) is 13.5. The monoisotopic (exact) mass is 508 g/mol. The van der Waals surface area contributed by atoms with E-state index >= 15 is 0 Å². The zero-order valence-corrected chi connectivity index (χ0v) is 21.8. The molecule has 2 rings (SSSR count). The molecule has 3 N–H and O–H groups in total. The summed E-state index contributed by atoms with van der Waals surface area (Å²) < 4.78 is 0. The van der Waals surface area contributed by atoms with Gasteiger partial charge in [0, 0.05) is 56.5 Å². The molecule has 0 spiro atoms. The number of nitrogens with one attached hydrogen (secondary N) is 3. The van der Waals surface area contributed by atoms with Crippen molar-refractivity contribution in [2.75, 3.05) is 19.8 Å². The van der Waals surface area contributed by atoms with Crippen molar-refractivity contribution in [1.82, 2.24) is 10.2 Å². The van der Waals surface area contributed by atoms with Crippen LogP contribution in [-0.2, 0) is 14.4 Å². The molecule has 0 radical (unpaired) electrons. The average molecular weight is 509 g/mol. The van der Waals surface area contributed by atoms with E-state index in [2.05, 4.69) is 5.32 Å². The van der Waals surface area contributed by atoms with Gasteiger partial charge in [0.15, 0.2) is 16.7 Å². The van der Waals surface area contributed by atoms with Crippen molar-refractivity contribution in [1.29, 1.82) is 10.8 Å². The fourth-order valence-corrected chi connectivity index (χ4v) is 4.33. The van der Waals surface area contributed by atoms with E-state index in [4.69, 9.17) is 10.8 Å². The molecule has 0 aliphatic heterocycles. The number of carbonyl (C=O) groups excluding carboxylic acids is 4. The van der Waals surface area contributed by atoms with E-state index in [9.17, 15) is 19.2 Å². The van der Waals surface area contributed by atoms with Crippen molar-refractivity contribution < 1.29 is 19.2 Å². The van der Waals surface area contributed by atoms with Crippen LogP contribution in [0.2, 0.25) is 0 Å². The molecule has 9 heteroatoms. The number of thioether (sulfide) groups is 1. The van der Waals surface area contributed by atoms with Gasteiger partial charge in [-0.3, -0.25) is 24.6 Å². The van der Waals surface area contributed by atoms with E-state index in [1.54, 1.807) is 74.4 Å². The van der Waals surface area contributed by atoms with E-state index in [-0.39, 0.29) is 46.8 Å². The minimum Gasteiger partial charge on any atom is -0.366 e. The zero-order valence-electron chi connectivity index (χ0n) is 21.0. The number of amides is 1. The van der Waals surface area contributed by atoms with E-state index < -0.39 is 17.9 Å². The summed E-state index contributed by atoms with van der Waals surface area (Å²) in [6, 6.07) is 14.9. The Hall–Kier alpha value is -3.59. The van der Waals surface area contributed by atoms with Crippen LogP contribution in [0.25, 0.3) is 0 Å². The molecule has 0 aliphatic rings. The van der Waals surface area contributed by atoms with Gasteiger partial charge in [-0.2, -0.15) is 0 Å². The van der Waals surface area contributed by atoms with E-state index in [0.29, 0.717) is 16.7 Å². The van der Waals surface area contributed by atoms with Crippen molar-refractivity contribution in [3.05, 3.63) is 71.3 Å². The Morgan fingerprint density at radius 2 is 1.58 bits per heavy atom. The second-order valence-corrected chi connectivity index (χ2v) is 9.71. The molecule has 190 valence electrons. The summed E-state index contributed by atoms with van der Waals surface area (Å²) in [7, 11) is 3.38. The number of carbonyl (C=O) groups is 4. The van der Waals surface area contributed by atoms with Crippen LogP contribution in [0, 0.1) is 10.8 Å². The molecule has 2 atom stereocenters. The first-order chi connectivity index (χ1) is 17.0. The lowest BCUT2D eigenvalue weighted by molar-refractivity contribution is -0.125. The fraction of sp³-hybridized carbons (Fsp3) is 0.333. The molecule has 0 fully saturated rings. The molecule has 1 amide bonds. The Bertz CT molecular complexity index is 1150. The van der Waals surface area contributed by atoms with Gasteiger partial charge in [0.2, 0.25) is 5.91 Å². The summed E-state index contributed by atoms with van der Waals surface area (Å²) in [6.45, 7) is 3.02. The second-order valence-electron chi connectivity index (χ2n) is 8.69. The predicted octanol–water partition coefficient (Wildman–Crippen LogP) is 3.69. The number of nitrogens with zero attached hydrogens (tertiary/aromatic N) is 1. The SMILES string of the molecule is CC(=O)N[C@H](CSC(=O)C(C)c1cccc(C(=O)c2ccccc2)c1)C(=O)CC(=N)CC(=N)N(C)C. The summed E-state index contributed by atoms with van der Waals surface area (Å²) >= 11 is 0.934. The first-order valence-corrected chi connectivity index (χ1v) is 12.4. The van der Waals surface area contributed by atoms with Crippen molar-refractivity contribution in [2.45, 2.75) is 38.6 Å². The first kappa shape index (κ1) is 28.6. The van der Waals surface area contributed by atoms with Crippen molar-refractivity contribution in [3.8, 4) is 0 Å². The molecule has 0 saturated carbocycles. The highest BCUT2D eigenvalue weighted by Crippen LogP contribution is 2.25. The molecule has 0 saturated heterocycles. The molecule has 0 heterocycles. The van der Waals surface area contributed by atoms with Gasteiger partial charge in [-0.05, 0) is 11.6 Å². The third-order valence-corrected chi connectivity index (χ3v) is 6.64. The highest BCUT2D eigenvalue weighted by atomic mass is 32.2. The maximum Gasteiger partial charge on any atom is 0.217 e. The van der Waals surface area contributed by atoms with Crippen LogP contribution in [0.15, 0.2) is 54.6 Å². The van der Waals surface area contributed by atoms with Crippen LogP contribution < -0.4 is 5.32 Å². The largest absolute Gasteiger partial charge is 0.366 e. The lowest BCUT2D eigenvalue weighted by Crippen LogP contribution is -2.42. The molecule has 1 unspecified atom stereocenters.